The Morgan fingerprint density at radius 2 is 2.36 bits per heavy atom. The zero-order chi connectivity index (χ0) is 10.4. The van der Waals surface area contributed by atoms with Crippen LogP contribution in [0, 0.1) is 5.92 Å². The van der Waals surface area contributed by atoms with Crippen LogP contribution in [-0.4, -0.2) is 24.7 Å². The summed E-state index contributed by atoms with van der Waals surface area (Å²) in [5.41, 5.74) is 0. The number of thiazole rings is 1. The van der Waals surface area contributed by atoms with Gasteiger partial charge in [0, 0.05) is 31.3 Å². The third kappa shape index (κ3) is 3.74. The number of ether oxygens (including phenoxy) is 1. The van der Waals surface area contributed by atoms with E-state index >= 15 is 0 Å². The molecule has 1 aromatic rings. The van der Waals surface area contributed by atoms with Gasteiger partial charge in [0.05, 0.1) is 6.61 Å². The van der Waals surface area contributed by atoms with Gasteiger partial charge in [-0.3, -0.25) is 0 Å². The molecule has 0 saturated carbocycles. The van der Waals surface area contributed by atoms with Crippen molar-refractivity contribution in [3.05, 3.63) is 16.6 Å². The van der Waals surface area contributed by atoms with Crippen LogP contribution in [0.2, 0.25) is 0 Å². The fourth-order valence-corrected chi connectivity index (χ4v) is 1.79. The van der Waals surface area contributed by atoms with Gasteiger partial charge in [-0.2, -0.15) is 0 Å². The maximum Gasteiger partial charge on any atom is 0.106 e. The Morgan fingerprint density at radius 1 is 1.57 bits per heavy atom. The molecule has 0 spiro atoms. The summed E-state index contributed by atoms with van der Waals surface area (Å²) in [6.07, 6.45) is 1.84. The molecule has 80 valence electrons. The molecule has 1 aromatic heterocycles. The van der Waals surface area contributed by atoms with E-state index in [9.17, 15) is 0 Å². The molecule has 0 fully saturated rings. The van der Waals surface area contributed by atoms with E-state index in [1.165, 1.54) is 0 Å². The van der Waals surface area contributed by atoms with Gasteiger partial charge in [0.15, 0.2) is 0 Å². The third-order valence-corrected chi connectivity index (χ3v) is 2.93. The van der Waals surface area contributed by atoms with Crippen LogP contribution in [0.4, 0.5) is 0 Å². The van der Waals surface area contributed by atoms with Gasteiger partial charge in [0.25, 0.3) is 0 Å². The van der Waals surface area contributed by atoms with Crippen molar-refractivity contribution in [1.29, 1.82) is 0 Å². The van der Waals surface area contributed by atoms with E-state index in [1.54, 1.807) is 18.4 Å². The van der Waals surface area contributed by atoms with Crippen LogP contribution in [0.25, 0.3) is 0 Å². The molecule has 1 rings (SSSR count). The Morgan fingerprint density at radius 3 is 2.86 bits per heavy atom. The summed E-state index contributed by atoms with van der Waals surface area (Å²) >= 11 is 1.68. The average Bonchev–Trinajstić information content (AvgIpc) is 2.64. The van der Waals surface area contributed by atoms with Crippen molar-refractivity contribution in [2.75, 3.05) is 13.7 Å². The quantitative estimate of drug-likeness (QED) is 0.785. The Labute approximate surface area is 89.5 Å². The van der Waals surface area contributed by atoms with Gasteiger partial charge >= 0.3 is 0 Å². The average molecular weight is 214 g/mol. The molecule has 3 nitrogen and oxygen atoms in total. The molecule has 1 atom stereocenters. The predicted molar refractivity (Wildman–Crippen MR) is 59.5 cm³/mol. The first kappa shape index (κ1) is 11.6. The second-order valence-corrected chi connectivity index (χ2v) is 4.59. The van der Waals surface area contributed by atoms with Gasteiger partial charge in [0.1, 0.15) is 5.01 Å². The highest BCUT2D eigenvalue weighted by molar-refractivity contribution is 7.09. The monoisotopic (exact) mass is 214 g/mol. The fraction of sp³-hybridized carbons (Fsp3) is 0.700. The molecule has 0 bridgehead atoms. The van der Waals surface area contributed by atoms with Gasteiger partial charge in [-0.15, -0.1) is 11.3 Å². The topological polar surface area (TPSA) is 34.1 Å². The van der Waals surface area contributed by atoms with Gasteiger partial charge in [-0.25, -0.2) is 4.98 Å². The number of rotatable bonds is 6. The summed E-state index contributed by atoms with van der Waals surface area (Å²) in [6.45, 7) is 5.98. The van der Waals surface area contributed by atoms with E-state index < -0.39 is 0 Å². The Bertz CT molecular complexity index is 236. The number of nitrogens with one attached hydrogen (secondary N) is 1. The minimum atomic E-state index is 0.406. The maximum atomic E-state index is 5.16. The first-order valence-corrected chi connectivity index (χ1v) is 5.72. The fourth-order valence-electron chi connectivity index (χ4n) is 1.23. The minimum absolute atomic E-state index is 0.406. The predicted octanol–water partition coefficient (Wildman–Crippen LogP) is 1.90. The Hall–Kier alpha value is -0.450. The maximum absolute atomic E-state index is 5.16. The molecule has 0 aliphatic heterocycles. The normalized spacial score (nSPS) is 13.4. The summed E-state index contributed by atoms with van der Waals surface area (Å²) in [7, 11) is 1.74. The molecule has 14 heavy (non-hydrogen) atoms. The molecule has 0 aromatic carbocycles. The van der Waals surface area contributed by atoms with E-state index in [-0.39, 0.29) is 0 Å². The van der Waals surface area contributed by atoms with Crippen LogP contribution in [0.1, 0.15) is 18.9 Å². The smallest absolute Gasteiger partial charge is 0.106 e. The molecule has 1 N–H and O–H groups in total. The van der Waals surface area contributed by atoms with Crippen molar-refractivity contribution in [1.82, 2.24) is 10.3 Å². The lowest BCUT2D eigenvalue weighted by Gasteiger charge is -2.20. The second-order valence-electron chi connectivity index (χ2n) is 3.61. The molecule has 1 heterocycles. The highest BCUT2D eigenvalue weighted by atomic mass is 32.1. The van der Waals surface area contributed by atoms with E-state index in [0.29, 0.717) is 12.0 Å². The van der Waals surface area contributed by atoms with Crippen molar-refractivity contribution >= 4 is 11.3 Å². The lowest BCUT2D eigenvalue weighted by Crippen LogP contribution is -2.37. The summed E-state index contributed by atoms with van der Waals surface area (Å²) < 4.78 is 5.16. The number of hydrogen-bond donors (Lipinski definition) is 1. The van der Waals surface area contributed by atoms with Gasteiger partial charge in [-0.05, 0) is 5.92 Å². The van der Waals surface area contributed by atoms with Crippen LogP contribution < -0.4 is 5.32 Å². The lowest BCUT2D eigenvalue weighted by atomic mass is 10.1. The molecule has 4 heteroatoms. The minimum Gasteiger partial charge on any atom is -0.383 e. The van der Waals surface area contributed by atoms with E-state index in [1.807, 2.05) is 11.6 Å². The van der Waals surface area contributed by atoms with Crippen LogP contribution in [0.3, 0.4) is 0 Å². The summed E-state index contributed by atoms with van der Waals surface area (Å²) in [5, 5.41) is 6.57. The molecular formula is C10H18N2OS. The van der Waals surface area contributed by atoms with E-state index in [2.05, 4.69) is 24.1 Å². The molecule has 0 aliphatic carbocycles. The molecule has 0 saturated heterocycles. The molecule has 0 radical (unpaired) electrons. The van der Waals surface area contributed by atoms with Crippen LogP contribution in [0.5, 0.6) is 0 Å². The third-order valence-electron chi connectivity index (χ3n) is 2.15. The number of nitrogens with zero attached hydrogens (tertiary/aromatic N) is 1. The zero-order valence-electron chi connectivity index (χ0n) is 8.99. The number of methoxy groups -OCH3 is 1. The SMILES string of the molecule is COCC(NCc1nccs1)C(C)C. The Kier molecular flexibility index (Phi) is 5.07. The van der Waals surface area contributed by atoms with Gasteiger partial charge in [-0.1, -0.05) is 13.8 Å². The van der Waals surface area contributed by atoms with Crippen molar-refractivity contribution < 1.29 is 4.74 Å². The molecule has 1 unspecified atom stereocenters. The van der Waals surface area contributed by atoms with Crippen LogP contribution in [-0.2, 0) is 11.3 Å². The number of aromatic nitrogens is 1. The van der Waals surface area contributed by atoms with E-state index in [4.69, 9.17) is 4.74 Å². The Balaban J connectivity index is 2.33. The number of hydrogen-bond acceptors (Lipinski definition) is 4. The van der Waals surface area contributed by atoms with Crippen LogP contribution >= 0.6 is 11.3 Å². The highest BCUT2D eigenvalue weighted by Gasteiger charge is 2.12. The summed E-state index contributed by atoms with van der Waals surface area (Å²) in [4.78, 5) is 4.22. The molecular weight excluding hydrogens is 196 g/mol. The van der Waals surface area contributed by atoms with Crippen molar-refractivity contribution in [2.45, 2.75) is 26.4 Å². The summed E-state index contributed by atoms with van der Waals surface area (Å²) in [5.74, 6) is 0.579. The van der Waals surface area contributed by atoms with Gasteiger partial charge < -0.3 is 10.1 Å². The lowest BCUT2D eigenvalue weighted by molar-refractivity contribution is 0.146. The first-order valence-electron chi connectivity index (χ1n) is 4.84. The summed E-state index contributed by atoms with van der Waals surface area (Å²) in [6, 6.07) is 0.406. The van der Waals surface area contributed by atoms with Gasteiger partial charge in [0.2, 0.25) is 0 Å². The van der Waals surface area contributed by atoms with Crippen molar-refractivity contribution in [3.8, 4) is 0 Å². The van der Waals surface area contributed by atoms with E-state index in [0.717, 1.165) is 18.2 Å². The largest absolute Gasteiger partial charge is 0.383 e. The van der Waals surface area contributed by atoms with Crippen LogP contribution in [0.15, 0.2) is 11.6 Å². The standard InChI is InChI=1S/C10H18N2OS/c1-8(2)9(7-13-3)12-6-10-11-4-5-14-10/h4-5,8-9,12H,6-7H2,1-3H3. The zero-order valence-corrected chi connectivity index (χ0v) is 9.80. The molecule has 0 aliphatic rings. The van der Waals surface area contributed by atoms with Crippen molar-refractivity contribution in [3.63, 3.8) is 0 Å². The van der Waals surface area contributed by atoms with Crippen molar-refractivity contribution in [2.24, 2.45) is 5.92 Å². The molecule has 0 amide bonds. The second kappa shape index (κ2) is 6.11. The highest BCUT2D eigenvalue weighted by Crippen LogP contribution is 2.06. The first-order chi connectivity index (χ1) is 6.74.